The Balaban J connectivity index is 1.53. The molecule has 1 aromatic rings. The molecule has 0 saturated carbocycles. The topological polar surface area (TPSA) is 57.2 Å². The van der Waals surface area contributed by atoms with E-state index >= 15 is 0 Å². The Morgan fingerprint density at radius 1 is 1.05 bits per heavy atom. The Hall–Kier alpha value is -1.68. The number of benzene rings is 1. The van der Waals surface area contributed by atoms with Crippen LogP contribution in [-0.2, 0) is 25.6 Å². The number of rotatable bonds is 13. The van der Waals surface area contributed by atoms with Crippen LogP contribution in [0, 0.1) is 23.7 Å². The molecule has 2 heterocycles. The minimum atomic E-state index is -0.628. The maximum absolute atomic E-state index is 10.4. The lowest BCUT2D eigenvalue weighted by atomic mass is 9.87. The Morgan fingerprint density at radius 3 is 2.53 bits per heavy atom. The molecule has 3 rings (SSSR count). The summed E-state index contributed by atoms with van der Waals surface area (Å²) in [5, 5.41) is 10.4. The second kappa shape index (κ2) is 16.4. The lowest BCUT2D eigenvalue weighted by molar-refractivity contribution is -0.140. The Bertz CT molecular complexity index is 859. The van der Waals surface area contributed by atoms with E-state index in [2.05, 4.69) is 63.5 Å². The highest BCUT2D eigenvalue weighted by Gasteiger charge is 2.35. The van der Waals surface area contributed by atoms with Crippen LogP contribution in [0.15, 0.2) is 43.0 Å². The highest BCUT2D eigenvalue weighted by molar-refractivity contribution is 5.13. The van der Waals surface area contributed by atoms with Gasteiger partial charge in [0.05, 0.1) is 43.2 Å². The van der Waals surface area contributed by atoms with Crippen LogP contribution in [0.5, 0.6) is 0 Å². The van der Waals surface area contributed by atoms with Gasteiger partial charge in [0.2, 0.25) is 0 Å². The van der Waals surface area contributed by atoms with Crippen molar-refractivity contribution in [1.29, 1.82) is 0 Å². The standard InChI is InChI=1S/C33H50O5/c1-6-11-28-19-31(36-23-26-13-8-7-9-14-26)21-32(37-28)20-30(35-5)22-33-25(4)16-17-29(38-33)18-27(34)15-10-12-24(2)3/h6-9,13-14,24-25,27-34H,1,11-12,16-23H2,2-5H3/t25-,27-,28-,29-,30-,31+,32+,33+/m0/s1. The molecule has 5 heteroatoms. The molecule has 0 amide bonds. The summed E-state index contributed by atoms with van der Waals surface area (Å²) in [6, 6.07) is 10.3. The van der Waals surface area contributed by atoms with Gasteiger partial charge in [-0.2, -0.15) is 0 Å². The molecule has 0 aliphatic carbocycles. The van der Waals surface area contributed by atoms with Gasteiger partial charge in [-0.05, 0) is 49.5 Å². The molecule has 0 bridgehead atoms. The summed E-state index contributed by atoms with van der Waals surface area (Å²) >= 11 is 0. The lowest BCUT2D eigenvalue weighted by Gasteiger charge is -2.39. The maximum Gasteiger partial charge on any atom is 0.117 e. The van der Waals surface area contributed by atoms with Crippen LogP contribution in [0.2, 0.25) is 0 Å². The number of aliphatic hydroxyl groups excluding tert-OH is 1. The van der Waals surface area contributed by atoms with Crippen LogP contribution in [-0.4, -0.2) is 54.9 Å². The fraction of sp³-hybridized carbons (Fsp3) is 0.697. The number of aliphatic hydroxyl groups is 1. The molecule has 8 atom stereocenters. The summed E-state index contributed by atoms with van der Waals surface area (Å²) in [6.07, 6.45) is 9.51. The van der Waals surface area contributed by atoms with Gasteiger partial charge in [0.1, 0.15) is 6.10 Å². The second-order valence-corrected chi connectivity index (χ2v) is 11.6. The first kappa shape index (κ1) is 30.9. The third-order valence-electron chi connectivity index (χ3n) is 7.76. The molecule has 2 aliphatic rings. The summed E-state index contributed by atoms with van der Waals surface area (Å²) in [5.41, 5.74) is 1.19. The highest BCUT2D eigenvalue weighted by Crippen LogP contribution is 2.33. The molecule has 0 unspecified atom stereocenters. The first-order chi connectivity index (χ1) is 18.4. The van der Waals surface area contributed by atoms with Gasteiger partial charge in [-0.15, -0.1) is 12.5 Å². The van der Waals surface area contributed by atoms with Gasteiger partial charge in [-0.25, -0.2) is 0 Å². The van der Waals surface area contributed by atoms with Crippen molar-refractivity contribution in [3.05, 3.63) is 48.6 Å². The minimum Gasteiger partial charge on any atom is -0.381 e. The first-order valence-corrected chi connectivity index (χ1v) is 14.6. The van der Waals surface area contributed by atoms with Crippen molar-refractivity contribution in [1.82, 2.24) is 0 Å². The fourth-order valence-corrected chi connectivity index (χ4v) is 5.55. The molecule has 212 valence electrons. The summed E-state index contributed by atoms with van der Waals surface area (Å²) < 4.78 is 25.3. The van der Waals surface area contributed by atoms with E-state index in [0.29, 0.717) is 24.9 Å². The van der Waals surface area contributed by atoms with Crippen LogP contribution < -0.4 is 0 Å². The first-order valence-electron chi connectivity index (χ1n) is 14.6. The van der Waals surface area contributed by atoms with Crippen LogP contribution in [0.1, 0.15) is 84.1 Å². The molecule has 1 N–H and O–H groups in total. The molecule has 2 aliphatic heterocycles. The minimum absolute atomic E-state index is 0.0377. The Labute approximate surface area is 231 Å². The zero-order valence-electron chi connectivity index (χ0n) is 24.0. The van der Waals surface area contributed by atoms with E-state index in [1.165, 1.54) is 5.56 Å². The predicted octanol–water partition coefficient (Wildman–Crippen LogP) is 6.47. The van der Waals surface area contributed by atoms with E-state index in [9.17, 15) is 5.11 Å². The summed E-state index contributed by atoms with van der Waals surface area (Å²) in [5.74, 6) is 7.08. The smallest absolute Gasteiger partial charge is 0.117 e. The fourth-order valence-electron chi connectivity index (χ4n) is 5.55. The summed E-state index contributed by atoms with van der Waals surface area (Å²) in [4.78, 5) is 0. The third-order valence-corrected chi connectivity index (χ3v) is 7.76. The second-order valence-electron chi connectivity index (χ2n) is 11.6. The van der Waals surface area contributed by atoms with Crippen LogP contribution in [0.25, 0.3) is 0 Å². The van der Waals surface area contributed by atoms with Crippen molar-refractivity contribution in [2.45, 2.75) is 128 Å². The molecule has 0 aromatic heterocycles. The normalized spacial score (nSPS) is 29.3. The van der Waals surface area contributed by atoms with E-state index < -0.39 is 6.10 Å². The van der Waals surface area contributed by atoms with Gasteiger partial charge in [0.25, 0.3) is 0 Å². The number of hydrogen-bond donors (Lipinski definition) is 1. The maximum atomic E-state index is 10.4. The van der Waals surface area contributed by atoms with E-state index in [1.54, 1.807) is 7.11 Å². The quantitative estimate of drug-likeness (QED) is 0.236. The van der Waals surface area contributed by atoms with Gasteiger partial charge in [-0.1, -0.05) is 63.1 Å². The van der Waals surface area contributed by atoms with Crippen molar-refractivity contribution in [3.63, 3.8) is 0 Å². The number of hydrogen-bond acceptors (Lipinski definition) is 5. The molecular formula is C33H50O5. The van der Waals surface area contributed by atoms with E-state index in [0.717, 1.165) is 51.4 Å². The zero-order valence-corrected chi connectivity index (χ0v) is 24.0. The Morgan fingerprint density at radius 2 is 1.82 bits per heavy atom. The average Bonchev–Trinajstić information content (AvgIpc) is 2.89. The zero-order chi connectivity index (χ0) is 27.3. The predicted molar refractivity (Wildman–Crippen MR) is 153 cm³/mol. The summed E-state index contributed by atoms with van der Waals surface area (Å²) in [6.45, 7) is 11.1. The molecule has 2 saturated heterocycles. The van der Waals surface area contributed by atoms with Gasteiger partial charge >= 0.3 is 0 Å². The molecular weight excluding hydrogens is 476 g/mol. The Kier molecular flexibility index (Phi) is 13.3. The molecule has 1 aromatic carbocycles. The van der Waals surface area contributed by atoms with Crippen molar-refractivity contribution >= 4 is 0 Å². The molecule has 38 heavy (non-hydrogen) atoms. The molecule has 0 radical (unpaired) electrons. The highest BCUT2D eigenvalue weighted by atomic mass is 16.5. The summed E-state index contributed by atoms with van der Waals surface area (Å²) in [7, 11) is 1.79. The van der Waals surface area contributed by atoms with Crippen molar-refractivity contribution in [3.8, 4) is 11.8 Å². The molecule has 0 spiro atoms. The van der Waals surface area contributed by atoms with E-state index in [4.69, 9.17) is 18.9 Å². The van der Waals surface area contributed by atoms with Crippen LogP contribution in [0.3, 0.4) is 0 Å². The largest absolute Gasteiger partial charge is 0.381 e. The third kappa shape index (κ3) is 10.8. The lowest BCUT2D eigenvalue weighted by Crippen LogP contribution is -2.41. The molecule has 2 fully saturated rings. The SMILES string of the molecule is C=CC[C@H]1C[C@@H](OCc2ccccc2)C[C@@H](C[C@@H](C[C@H]2O[C@H](C[C@@H](O)C#CCC(C)C)CC[C@@H]2C)OC)O1. The van der Waals surface area contributed by atoms with Crippen LogP contribution >= 0.6 is 0 Å². The average molecular weight is 527 g/mol. The number of ether oxygens (including phenoxy) is 4. The monoisotopic (exact) mass is 526 g/mol. The van der Waals surface area contributed by atoms with Gasteiger partial charge in [0, 0.05) is 32.8 Å². The van der Waals surface area contributed by atoms with Crippen molar-refractivity contribution in [2.75, 3.05) is 7.11 Å². The van der Waals surface area contributed by atoms with Gasteiger partial charge < -0.3 is 24.1 Å². The van der Waals surface area contributed by atoms with Crippen LogP contribution in [0.4, 0.5) is 0 Å². The van der Waals surface area contributed by atoms with Gasteiger partial charge in [-0.3, -0.25) is 0 Å². The van der Waals surface area contributed by atoms with Gasteiger partial charge in [0.15, 0.2) is 0 Å². The van der Waals surface area contributed by atoms with Crippen molar-refractivity contribution in [2.24, 2.45) is 11.8 Å². The van der Waals surface area contributed by atoms with E-state index in [-0.39, 0.29) is 36.6 Å². The van der Waals surface area contributed by atoms with Crippen molar-refractivity contribution < 1.29 is 24.1 Å². The molecule has 5 nitrogen and oxygen atoms in total. The van der Waals surface area contributed by atoms with E-state index in [1.807, 2.05) is 12.1 Å². The number of methoxy groups -OCH3 is 1.